The standard InChI is InChI=1S/C22H27F3N4O3/c1-4-29-16-12-28(10-9-17(30)26-11-13(2)3)20(31)18(16)19(27-21(29)32)14-5-7-15(8-6-14)22(23,24)25/h5-8,13,19H,4,9-12H2,1-3H3,(H,26,30)(H,27,32). The molecule has 0 fully saturated rings. The molecule has 1 unspecified atom stereocenters. The molecule has 2 N–H and O–H groups in total. The second-order valence-electron chi connectivity index (χ2n) is 8.28. The Labute approximate surface area is 184 Å². The highest BCUT2D eigenvalue weighted by atomic mass is 19.4. The summed E-state index contributed by atoms with van der Waals surface area (Å²) in [5.74, 6) is -0.196. The second-order valence-corrected chi connectivity index (χ2v) is 8.28. The lowest BCUT2D eigenvalue weighted by Crippen LogP contribution is -2.47. The van der Waals surface area contributed by atoms with Crippen LogP contribution in [0.1, 0.15) is 44.4 Å². The van der Waals surface area contributed by atoms with Gasteiger partial charge in [0, 0.05) is 26.1 Å². The minimum atomic E-state index is -4.48. The number of hydrogen-bond acceptors (Lipinski definition) is 3. The number of hydrogen-bond donors (Lipinski definition) is 2. The normalized spacial score (nSPS) is 18.9. The number of carbonyl (C=O) groups is 3. The van der Waals surface area contributed by atoms with E-state index in [0.29, 0.717) is 35.8 Å². The molecule has 10 heteroatoms. The number of nitrogens with one attached hydrogen (secondary N) is 2. The number of urea groups is 1. The molecule has 4 amide bonds. The van der Waals surface area contributed by atoms with E-state index in [-0.39, 0.29) is 31.3 Å². The Hall–Kier alpha value is -3.04. The van der Waals surface area contributed by atoms with Crippen molar-refractivity contribution in [3.05, 3.63) is 46.7 Å². The third kappa shape index (κ3) is 4.89. The van der Waals surface area contributed by atoms with E-state index in [1.54, 1.807) is 6.92 Å². The molecule has 0 aromatic heterocycles. The molecule has 1 atom stereocenters. The molecule has 0 saturated carbocycles. The minimum Gasteiger partial charge on any atom is -0.356 e. The summed E-state index contributed by atoms with van der Waals surface area (Å²) in [5, 5.41) is 5.54. The third-order valence-corrected chi connectivity index (χ3v) is 5.50. The Bertz CT molecular complexity index is 925. The topological polar surface area (TPSA) is 81.8 Å². The van der Waals surface area contributed by atoms with Crippen molar-refractivity contribution in [3.8, 4) is 0 Å². The molecule has 0 radical (unpaired) electrons. The van der Waals surface area contributed by atoms with Gasteiger partial charge < -0.3 is 15.5 Å². The fourth-order valence-electron chi connectivity index (χ4n) is 3.82. The van der Waals surface area contributed by atoms with Gasteiger partial charge in [0.2, 0.25) is 5.91 Å². The Balaban J connectivity index is 1.81. The van der Waals surface area contributed by atoms with E-state index < -0.39 is 23.8 Å². The zero-order valence-electron chi connectivity index (χ0n) is 18.3. The van der Waals surface area contributed by atoms with Gasteiger partial charge in [0.15, 0.2) is 0 Å². The monoisotopic (exact) mass is 452 g/mol. The zero-order valence-corrected chi connectivity index (χ0v) is 18.3. The van der Waals surface area contributed by atoms with Crippen molar-refractivity contribution in [1.82, 2.24) is 20.4 Å². The molecule has 2 aliphatic rings. The number of rotatable bonds is 7. The van der Waals surface area contributed by atoms with Crippen LogP contribution in [-0.2, 0) is 15.8 Å². The first-order chi connectivity index (χ1) is 15.0. The van der Waals surface area contributed by atoms with Gasteiger partial charge in [0.1, 0.15) is 0 Å². The van der Waals surface area contributed by atoms with Crippen LogP contribution in [0.3, 0.4) is 0 Å². The second kappa shape index (κ2) is 9.22. The van der Waals surface area contributed by atoms with Gasteiger partial charge in [-0.1, -0.05) is 26.0 Å². The average molecular weight is 452 g/mol. The van der Waals surface area contributed by atoms with Crippen molar-refractivity contribution in [2.45, 2.75) is 39.4 Å². The molecule has 32 heavy (non-hydrogen) atoms. The predicted molar refractivity (Wildman–Crippen MR) is 111 cm³/mol. The van der Waals surface area contributed by atoms with E-state index in [4.69, 9.17) is 0 Å². The smallest absolute Gasteiger partial charge is 0.356 e. The molecule has 3 rings (SSSR count). The van der Waals surface area contributed by atoms with Gasteiger partial charge in [0.25, 0.3) is 5.91 Å². The summed E-state index contributed by atoms with van der Waals surface area (Å²) >= 11 is 0. The van der Waals surface area contributed by atoms with Crippen LogP contribution in [0.4, 0.5) is 18.0 Å². The first-order valence-electron chi connectivity index (χ1n) is 10.6. The maximum absolute atomic E-state index is 13.2. The van der Waals surface area contributed by atoms with E-state index in [1.165, 1.54) is 21.9 Å². The quantitative estimate of drug-likeness (QED) is 0.667. The van der Waals surface area contributed by atoms with E-state index in [0.717, 1.165) is 12.1 Å². The van der Waals surface area contributed by atoms with Crippen molar-refractivity contribution in [2.24, 2.45) is 5.92 Å². The van der Waals surface area contributed by atoms with Crippen molar-refractivity contribution in [2.75, 3.05) is 26.2 Å². The summed E-state index contributed by atoms with van der Waals surface area (Å²) < 4.78 is 38.8. The van der Waals surface area contributed by atoms with Crippen LogP contribution in [-0.4, -0.2) is 53.8 Å². The first kappa shape index (κ1) is 23.6. The summed E-state index contributed by atoms with van der Waals surface area (Å²) in [6, 6.07) is 3.15. The van der Waals surface area contributed by atoms with E-state index >= 15 is 0 Å². The lowest BCUT2D eigenvalue weighted by molar-refractivity contribution is -0.137. The Morgan fingerprint density at radius 2 is 1.88 bits per heavy atom. The third-order valence-electron chi connectivity index (χ3n) is 5.50. The molecular weight excluding hydrogens is 425 g/mol. The van der Waals surface area contributed by atoms with Crippen LogP contribution >= 0.6 is 0 Å². The van der Waals surface area contributed by atoms with Gasteiger partial charge in [0.05, 0.1) is 29.4 Å². The number of halogens is 3. The van der Waals surface area contributed by atoms with Crippen LogP contribution in [0.15, 0.2) is 35.5 Å². The SMILES string of the molecule is CCN1C(=O)NC(c2ccc(C(F)(F)F)cc2)C2=C1CN(CCC(=O)NCC(C)C)C2=O. The number of benzene rings is 1. The number of alkyl halides is 3. The van der Waals surface area contributed by atoms with Crippen LogP contribution in [0, 0.1) is 5.92 Å². The summed E-state index contributed by atoms with van der Waals surface area (Å²) in [5.41, 5.74) is 0.432. The molecule has 174 valence electrons. The van der Waals surface area contributed by atoms with E-state index in [2.05, 4.69) is 10.6 Å². The number of carbonyl (C=O) groups excluding carboxylic acids is 3. The molecule has 0 aliphatic carbocycles. The van der Waals surface area contributed by atoms with Crippen LogP contribution in [0.25, 0.3) is 0 Å². The van der Waals surface area contributed by atoms with Gasteiger partial charge in [-0.2, -0.15) is 13.2 Å². The van der Waals surface area contributed by atoms with Crippen molar-refractivity contribution in [1.29, 1.82) is 0 Å². The highest BCUT2D eigenvalue weighted by molar-refractivity contribution is 6.01. The highest BCUT2D eigenvalue weighted by Gasteiger charge is 2.43. The molecule has 0 spiro atoms. The van der Waals surface area contributed by atoms with Crippen molar-refractivity contribution >= 4 is 17.8 Å². The number of likely N-dealkylation sites (N-methyl/N-ethyl adjacent to an activating group) is 1. The summed E-state index contributed by atoms with van der Waals surface area (Å²) in [6.07, 6.45) is -4.36. The Morgan fingerprint density at radius 3 is 2.44 bits per heavy atom. The zero-order chi connectivity index (χ0) is 23.6. The lowest BCUT2D eigenvalue weighted by Gasteiger charge is -2.33. The molecular formula is C22H27F3N4O3. The molecule has 2 heterocycles. The summed E-state index contributed by atoms with van der Waals surface area (Å²) in [7, 11) is 0. The average Bonchev–Trinajstić information content (AvgIpc) is 3.05. The predicted octanol–water partition coefficient (Wildman–Crippen LogP) is 3.05. The highest BCUT2D eigenvalue weighted by Crippen LogP contribution is 2.37. The summed E-state index contributed by atoms with van der Waals surface area (Å²) in [6.45, 7) is 6.96. The van der Waals surface area contributed by atoms with Gasteiger partial charge >= 0.3 is 12.2 Å². The van der Waals surface area contributed by atoms with Gasteiger partial charge in [-0.25, -0.2) is 4.79 Å². The lowest BCUT2D eigenvalue weighted by atomic mass is 9.94. The number of nitrogens with zero attached hydrogens (tertiary/aromatic N) is 2. The first-order valence-corrected chi connectivity index (χ1v) is 10.6. The minimum absolute atomic E-state index is 0.122. The maximum Gasteiger partial charge on any atom is 0.416 e. The van der Waals surface area contributed by atoms with E-state index in [9.17, 15) is 27.6 Å². The number of amides is 4. The van der Waals surface area contributed by atoms with Crippen LogP contribution in [0.5, 0.6) is 0 Å². The molecule has 1 aromatic rings. The van der Waals surface area contributed by atoms with Gasteiger partial charge in [-0.05, 0) is 30.5 Å². The van der Waals surface area contributed by atoms with Crippen molar-refractivity contribution < 1.29 is 27.6 Å². The Kier molecular flexibility index (Phi) is 6.80. The molecule has 2 aliphatic heterocycles. The largest absolute Gasteiger partial charge is 0.416 e. The fraction of sp³-hybridized carbons (Fsp3) is 0.500. The van der Waals surface area contributed by atoms with Crippen LogP contribution in [0.2, 0.25) is 0 Å². The van der Waals surface area contributed by atoms with Gasteiger partial charge in [-0.3, -0.25) is 14.5 Å². The van der Waals surface area contributed by atoms with Crippen molar-refractivity contribution in [3.63, 3.8) is 0 Å². The fourth-order valence-corrected chi connectivity index (χ4v) is 3.82. The maximum atomic E-state index is 13.2. The van der Waals surface area contributed by atoms with Gasteiger partial charge in [-0.15, -0.1) is 0 Å². The molecule has 0 saturated heterocycles. The molecule has 7 nitrogen and oxygen atoms in total. The van der Waals surface area contributed by atoms with Crippen LogP contribution < -0.4 is 10.6 Å². The molecule has 0 bridgehead atoms. The Morgan fingerprint density at radius 1 is 1.22 bits per heavy atom. The summed E-state index contributed by atoms with van der Waals surface area (Å²) in [4.78, 5) is 40.8. The molecule has 1 aromatic carbocycles. The van der Waals surface area contributed by atoms with E-state index in [1.807, 2.05) is 13.8 Å².